The summed E-state index contributed by atoms with van der Waals surface area (Å²) in [7, 11) is 2.93. The van der Waals surface area contributed by atoms with Gasteiger partial charge in [0.25, 0.3) is 11.1 Å². The van der Waals surface area contributed by atoms with E-state index in [2.05, 4.69) is 10.3 Å². The minimum atomic E-state index is -0.233. The van der Waals surface area contributed by atoms with E-state index >= 15 is 0 Å². The molecule has 3 aromatic heterocycles. The fourth-order valence-electron chi connectivity index (χ4n) is 5.99. The number of fused-ring (bicyclic) bond motifs is 2. The highest BCUT2D eigenvalue weighted by molar-refractivity contribution is 5.81. The first-order valence-corrected chi connectivity index (χ1v) is 16.0. The molecule has 13 nitrogen and oxygen atoms in total. The minimum absolute atomic E-state index is 0.00306. The first-order valence-electron chi connectivity index (χ1n) is 16.0. The van der Waals surface area contributed by atoms with E-state index in [9.17, 15) is 19.8 Å². The number of aromatic nitrogens is 7. The second-order valence-corrected chi connectivity index (χ2v) is 11.7. The van der Waals surface area contributed by atoms with Gasteiger partial charge in [0.2, 0.25) is 0 Å². The minimum Gasteiger partial charge on any atom is -0.504 e. The van der Waals surface area contributed by atoms with E-state index in [-0.39, 0.29) is 40.7 Å². The van der Waals surface area contributed by atoms with E-state index in [0.29, 0.717) is 76.2 Å². The van der Waals surface area contributed by atoms with Gasteiger partial charge in [-0.05, 0) is 73.5 Å². The van der Waals surface area contributed by atoms with E-state index in [1.807, 2.05) is 18.2 Å². The molecule has 0 atom stereocenters. The molecule has 4 aromatic carbocycles. The molecule has 0 aliphatic rings. The standard InChI is InChI=1S/C37H33N7O6/c1-49-32-19-23(13-15-30(32)45)34-38-28-11-5-3-9-26(28)36(47)43(34)18-8-7-17-42-21-25(40-41-42)22-44-35(24-14-16-31(46)33(20-24)50-2)39-29-12-6-4-10-27(29)37(44)48/h3-6,9-16,19-21,45-46H,7-8,17-18,22H2,1-2H3. The molecule has 7 aromatic rings. The Morgan fingerprint density at radius 3 is 1.76 bits per heavy atom. The maximum absolute atomic E-state index is 13.7. The van der Waals surface area contributed by atoms with Gasteiger partial charge in [-0.1, -0.05) is 29.5 Å². The van der Waals surface area contributed by atoms with Crippen LogP contribution in [0.3, 0.4) is 0 Å². The van der Waals surface area contributed by atoms with Crippen molar-refractivity contribution >= 4 is 21.8 Å². The summed E-state index contributed by atoms with van der Waals surface area (Å²) in [6.07, 6.45) is 3.11. The van der Waals surface area contributed by atoms with Crippen LogP contribution in [0.1, 0.15) is 18.5 Å². The lowest BCUT2D eigenvalue weighted by atomic mass is 10.1. The van der Waals surface area contributed by atoms with Gasteiger partial charge >= 0.3 is 0 Å². The highest BCUT2D eigenvalue weighted by Gasteiger charge is 2.18. The van der Waals surface area contributed by atoms with Crippen LogP contribution in [0.25, 0.3) is 44.6 Å². The molecule has 0 saturated carbocycles. The van der Waals surface area contributed by atoms with Crippen LogP contribution in [0.2, 0.25) is 0 Å². The summed E-state index contributed by atoms with van der Waals surface area (Å²) in [6, 6.07) is 24.1. The van der Waals surface area contributed by atoms with Crippen molar-refractivity contribution in [3.05, 3.63) is 118 Å². The molecule has 0 aliphatic carbocycles. The predicted octanol–water partition coefficient (Wildman–Crippen LogP) is 4.99. The molecule has 2 N–H and O–H groups in total. The molecule has 0 fully saturated rings. The molecular formula is C37H33N7O6. The Labute approximate surface area is 285 Å². The lowest BCUT2D eigenvalue weighted by Crippen LogP contribution is -2.24. The van der Waals surface area contributed by atoms with Crippen molar-refractivity contribution in [3.63, 3.8) is 0 Å². The first kappa shape index (κ1) is 32.1. The molecule has 3 heterocycles. The van der Waals surface area contributed by atoms with Crippen molar-refractivity contribution in [2.75, 3.05) is 14.2 Å². The average Bonchev–Trinajstić information content (AvgIpc) is 3.59. The van der Waals surface area contributed by atoms with Crippen molar-refractivity contribution in [2.24, 2.45) is 0 Å². The SMILES string of the molecule is COc1cc(-c2nc3ccccc3c(=O)n2CCCCn2cc(Cn3c(-c4ccc(O)c(OC)c4)nc4ccccc4c3=O)nn2)ccc1O. The third kappa shape index (κ3) is 6.12. The number of methoxy groups -OCH3 is 2. The quantitative estimate of drug-likeness (QED) is 0.180. The zero-order valence-electron chi connectivity index (χ0n) is 27.4. The summed E-state index contributed by atoms with van der Waals surface area (Å²) in [5.74, 6) is 1.41. The summed E-state index contributed by atoms with van der Waals surface area (Å²) in [5, 5.41) is 29.9. The summed E-state index contributed by atoms with van der Waals surface area (Å²) < 4.78 is 15.5. The molecule has 0 amide bonds. The van der Waals surface area contributed by atoms with Gasteiger partial charge in [0.15, 0.2) is 23.0 Å². The Bertz CT molecular complexity index is 2490. The maximum atomic E-state index is 13.7. The number of phenolic OH excluding ortho intramolecular Hbond substituents is 2. The monoisotopic (exact) mass is 671 g/mol. The van der Waals surface area contributed by atoms with Crippen molar-refractivity contribution in [2.45, 2.75) is 32.5 Å². The lowest BCUT2D eigenvalue weighted by Gasteiger charge is -2.15. The van der Waals surface area contributed by atoms with Crippen molar-refractivity contribution in [3.8, 4) is 45.8 Å². The van der Waals surface area contributed by atoms with Crippen molar-refractivity contribution in [1.29, 1.82) is 0 Å². The van der Waals surface area contributed by atoms with Crippen LogP contribution >= 0.6 is 0 Å². The zero-order valence-corrected chi connectivity index (χ0v) is 27.4. The van der Waals surface area contributed by atoms with Gasteiger partial charge in [-0.2, -0.15) is 0 Å². The summed E-state index contributed by atoms with van der Waals surface area (Å²) >= 11 is 0. The molecule has 50 heavy (non-hydrogen) atoms. The number of aryl methyl sites for hydroxylation is 1. The van der Waals surface area contributed by atoms with E-state index in [1.165, 1.54) is 26.4 Å². The number of para-hydroxylation sites is 2. The van der Waals surface area contributed by atoms with Gasteiger partial charge in [0.1, 0.15) is 17.3 Å². The number of aromatic hydroxyl groups is 2. The van der Waals surface area contributed by atoms with Crippen molar-refractivity contribution in [1.82, 2.24) is 34.1 Å². The summed E-state index contributed by atoms with van der Waals surface area (Å²) in [4.78, 5) is 37.0. The Morgan fingerprint density at radius 1 is 0.660 bits per heavy atom. The number of unbranched alkanes of at least 4 members (excludes halogenated alkanes) is 1. The Hall–Kier alpha value is -6.50. The number of hydrogen-bond donors (Lipinski definition) is 2. The largest absolute Gasteiger partial charge is 0.504 e. The normalized spacial score (nSPS) is 11.3. The molecule has 13 heteroatoms. The van der Waals surface area contributed by atoms with Gasteiger partial charge < -0.3 is 19.7 Å². The number of phenols is 2. The average molecular weight is 672 g/mol. The Kier molecular flexibility index (Phi) is 8.69. The second-order valence-electron chi connectivity index (χ2n) is 11.7. The first-order chi connectivity index (χ1) is 24.3. The predicted molar refractivity (Wildman–Crippen MR) is 188 cm³/mol. The van der Waals surface area contributed by atoms with Gasteiger partial charge in [-0.15, -0.1) is 5.10 Å². The number of rotatable bonds is 11. The zero-order chi connectivity index (χ0) is 34.8. The molecular weight excluding hydrogens is 638 g/mol. The van der Waals surface area contributed by atoms with Gasteiger partial charge in [0, 0.05) is 24.2 Å². The number of hydrogen-bond acceptors (Lipinski definition) is 10. The molecule has 252 valence electrons. The molecule has 0 spiro atoms. The maximum Gasteiger partial charge on any atom is 0.262 e. The molecule has 0 radical (unpaired) electrons. The van der Waals surface area contributed by atoms with E-state index < -0.39 is 0 Å². The second kappa shape index (κ2) is 13.5. The molecule has 0 bridgehead atoms. The number of benzene rings is 4. The van der Waals surface area contributed by atoms with E-state index in [1.54, 1.807) is 74.6 Å². The Balaban J connectivity index is 1.12. The number of ether oxygens (including phenoxy) is 2. The van der Waals surface area contributed by atoms with Crippen LogP contribution in [0, 0.1) is 0 Å². The van der Waals surface area contributed by atoms with E-state index in [0.717, 1.165) is 0 Å². The summed E-state index contributed by atoms with van der Waals surface area (Å²) in [5.41, 5.74) is 2.55. The molecule has 0 saturated heterocycles. The van der Waals surface area contributed by atoms with Crippen LogP contribution < -0.4 is 20.6 Å². The topological polar surface area (TPSA) is 159 Å². The molecule has 7 rings (SSSR count). The molecule has 0 aliphatic heterocycles. The molecule has 0 unspecified atom stereocenters. The van der Waals surface area contributed by atoms with Gasteiger partial charge in [0.05, 0.1) is 48.8 Å². The number of nitrogens with zero attached hydrogens (tertiary/aromatic N) is 7. The van der Waals surface area contributed by atoms with E-state index in [4.69, 9.17) is 19.4 Å². The fraction of sp³-hybridized carbons (Fsp3) is 0.189. The highest BCUT2D eigenvalue weighted by atomic mass is 16.5. The highest BCUT2D eigenvalue weighted by Crippen LogP contribution is 2.32. The van der Waals surface area contributed by atoms with Crippen LogP contribution in [-0.2, 0) is 19.6 Å². The van der Waals surface area contributed by atoms with Crippen LogP contribution in [0.15, 0.2) is 101 Å². The summed E-state index contributed by atoms with van der Waals surface area (Å²) in [6.45, 7) is 1.04. The van der Waals surface area contributed by atoms with Crippen LogP contribution in [0.4, 0.5) is 0 Å². The van der Waals surface area contributed by atoms with Gasteiger partial charge in [-0.3, -0.25) is 23.4 Å². The van der Waals surface area contributed by atoms with Crippen LogP contribution in [0.5, 0.6) is 23.0 Å². The third-order valence-electron chi connectivity index (χ3n) is 8.52. The lowest BCUT2D eigenvalue weighted by molar-refractivity contribution is 0.373. The van der Waals surface area contributed by atoms with Crippen molar-refractivity contribution < 1.29 is 19.7 Å². The van der Waals surface area contributed by atoms with Crippen LogP contribution in [-0.4, -0.2) is 58.5 Å². The fourth-order valence-corrected chi connectivity index (χ4v) is 5.99. The smallest absolute Gasteiger partial charge is 0.262 e. The van der Waals surface area contributed by atoms with Gasteiger partial charge in [-0.25, -0.2) is 9.97 Å². The third-order valence-corrected chi connectivity index (χ3v) is 8.52. The Morgan fingerprint density at radius 2 is 1.18 bits per heavy atom.